The minimum Gasteiger partial charge on any atom is -0.365 e. The van der Waals surface area contributed by atoms with Crippen molar-refractivity contribution in [3.63, 3.8) is 0 Å². The van der Waals surface area contributed by atoms with Gasteiger partial charge >= 0.3 is 0 Å². The van der Waals surface area contributed by atoms with Gasteiger partial charge in [-0.25, -0.2) is 0 Å². The molecule has 0 bridgehead atoms. The van der Waals surface area contributed by atoms with Crippen molar-refractivity contribution in [2.45, 2.75) is 70.1 Å². The number of fused-ring (bicyclic) bond motifs is 1. The van der Waals surface area contributed by atoms with Gasteiger partial charge in [-0.1, -0.05) is 6.42 Å². The molecule has 0 spiro atoms. The van der Waals surface area contributed by atoms with Crippen LogP contribution in [0.15, 0.2) is 0 Å². The topological polar surface area (TPSA) is 29.5 Å². The number of piperidine rings is 1. The predicted molar refractivity (Wildman–Crippen MR) is 65.6 cm³/mol. The Hall–Kier alpha value is -0.570. The molecule has 3 aliphatic rings. The lowest BCUT2D eigenvalue weighted by Crippen LogP contribution is -2.50. The third-order valence-electron chi connectivity index (χ3n) is 4.78. The molecule has 3 fully saturated rings. The lowest BCUT2D eigenvalue weighted by molar-refractivity contribution is -0.147. The van der Waals surface area contributed by atoms with Crippen LogP contribution in [0.3, 0.4) is 0 Å². The molecule has 0 N–H and O–H groups in total. The molecule has 0 aromatic heterocycles. The molecule has 1 aliphatic carbocycles. The van der Waals surface area contributed by atoms with Crippen LogP contribution in [0, 0.1) is 5.92 Å². The summed E-state index contributed by atoms with van der Waals surface area (Å²) >= 11 is 0. The number of amides is 1. The van der Waals surface area contributed by atoms with Gasteiger partial charge in [0.2, 0.25) is 0 Å². The highest BCUT2D eigenvalue weighted by molar-refractivity contribution is 5.81. The zero-order valence-corrected chi connectivity index (χ0v) is 10.7. The summed E-state index contributed by atoms with van der Waals surface area (Å²) in [6.45, 7) is 3.04. The summed E-state index contributed by atoms with van der Waals surface area (Å²) in [5.74, 6) is 1.07. The van der Waals surface area contributed by atoms with Crippen LogP contribution in [-0.4, -0.2) is 35.6 Å². The fourth-order valence-electron chi connectivity index (χ4n) is 3.90. The Kier molecular flexibility index (Phi) is 3.12. The first-order valence-corrected chi connectivity index (χ1v) is 7.21. The summed E-state index contributed by atoms with van der Waals surface area (Å²) in [5, 5.41) is 0. The maximum absolute atomic E-state index is 12.5. The van der Waals surface area contributed by atoms with Gasteiger partial charge in [0, 0.05) is 12.6 Å². The second-order valence-corrected chi connectivity index (χ2v) is 5.94. The van der Waals surface area contributed by atoms with Gasteiger partial charge in [-0.2, -0.15) is 0 Å². The van der Waals surface area contributed by atoms with Crippen molar-refractivity contribution in [3.8, 4) is 0 Å². The highest BCUT2D eigenvalue weighted by atomic mass is 16.5. The van der Waals surface area contributed by atoms with E-state index in [-0.39, 0.29) is 18.1 Å². The number of ether oxygens (including phenoxy) is 1. The number of rotatable bonds is 1. The summed E-state index contributed by atoms with van der Waals surface area (Å²) in [6, 6.07) is 0.538. The van der Waals surface area contributed by atoms with E-state index >= 15 is 0 Å². The van der Waals surface area contributed by atoms with Gasteiger partial charge in [0.15, 0.2) is 0 Å². The lowest BCUT2D eigenvalue weighted by atomic mass is 9.91. The largest absolute Gasteiger partial charge is 0.365 e. The molecule has 2 heterocycles. The third-order valence-corrected chi connectivity index (χ3v) is 4.78. The first-order valence-electron chi connectivity index (χ1n) is 7.21. The van der Waals surface area contributed by atoms with Crippen molar-refractivity contribution in [2.24, 2.45) is 5.92 Å². The first-order chi connectivity index (χ1) is 8.25. The van der Waals surface area contributed by atoms with Crippen LogP contribution in [0.1, 0.15) is 51.9 Å². The van der Waals surface area contributed by atoms with E-state index in [9.17, 15) is 4.79 Å². The minimum absolute atomic E-state index is 0.135. The standard InChI is InChI=1S/C14H23NO2/c1-10-7-8-13(17-10)14(16)15-9-3-5-11-4-2-6-12(11)15/h10-13H,2-9H2,1H3. The molecule has 4 atom stereocenters. The zero-order valence-electron chi connectivity index (χ0n) is 10.7. The van der Waals surface area contributed by atoms with Crippen molar-refractivity contribution in [1.82, 2.24) is 4.90 Å². The van der Waals surface area contributed by atoms with Gasteiger partial charge in [0.1, 0.15) is 6.10 Å². The molecule has 0 radical (unpaired) electrons. The number of likely N-dealkylation sites (tertiary alicyclic amines) is 1. The number of carbonyl (C=O) groups is 1. The smallest absolute Gasteiger partial charge is 0.251 e. The Morgan fingerprint density at radius 2 is 1.94 bits per heavy atom. The summed E-state index contributed by atoms with van der Waals surface area (Å²) < 4.78 is 5.73. The molecular formula is C14H23NO2. The molecule has 3 nitrogen and oxygen atoms in total. The van der Waals surface area contributed by atoms with Gasteiger partial charge in [-0.05, 0) is 51.4 Å². The van der Waals surface area contributed by atoms with Crippen molar-refractivity contribution < 1.29 is 9.53 Å². The van der Waals surface area contributed by atoms with Crippen molar-refractivity contribution >= 4 is 5.91 Å². The van der Waals surface area contributed by atoms with Crippen LogP contribution in [0.2, 0.25) is 0 Å². The van der Waals surface area contributed by atoms with Crippen LogP contribution in [0.4, 0.5) is 0 Å². The van der Waals surface area contributed by atoms with E-state index in [0.717, 1.165) is 25.3 Å². The van der Waals surface area contributed by atoms with Gasteiger partial charge in [0.25, 0.3) is 5.91 Å². The second-order valence-electron chi connectivity index (χ2n) is 5.94. The molecule has 96 valence electrons. The summed E-state index contributed by atoms with van der Waals surface area (Å²) in [5.41, 5.74) is 0. The Morgan fingerprint density at radius 3 is 2.71 bits per heavy atom. The highest BCUT2D eigenvalue weighted by Gasteiger charge is 2.40. The molecular weight excluding hydrogens is 214 g/mol. The summed E-state index contributed by atoms with van der Waals surface area (Å²) in [6.07, 6.45) is 8.48. The molecule has 3 heteroatoms. The van der Waals surface area contributed by atoms with Crippen LogP contribution < -0.4 is 0 Å². The molecule has 2 aliphatic heterocycles. The average molecular weight is 237 g/mol. The Bertz CT molecular complexity index is 305. The molecule has 0 aromatic rings. The fourth-order valence-corrected chi connectivity index (χ4v) is 3.90. The van der Waals surface area contributed by atoms with E-state index in [2.05, 4.69) is 11.8 Å². The second kappa shape index (κ2) is 4.60. The highest BCUT2D eigenvalue weighted by Crippen LogP contribution is 2.37. The van der Waals surface area contributed by atoms with Crippen molar-refractivity contribution in [3.05, 3.63) is 0 Å². The minimum atomic E-state index is -0.135. The monoisotopic (exact) mass is 237 g/mol. The van der Waals surface area contributed by atoms with Crippen LogP contribution in [-0.2, 0) is 9.53 Å². The normalized spacial score (nSPS) is 41.6. The van der Waals surface area contributed by atoms with E-state index < -0.39 is 0 Å². The first kappa shape index (κ1) is 11.5. The molecule has 4 unspecified atom stereocenters. The number of carbonyl (C=O) groups excluding carboxylic acids is 1. The molecule has 17 heavy (non-hydrogen) atoms. The van der Waals surface area contributed by atoms with E-state index in [0.29, 0.717) is 6.04 Å². The Balaban J connectivity index is 1.68. The summed E-state index contributed by atoms with van der Waals surface area (Å²) in [4.78, 5) is 14.6. The third kappa shape index (κ3) is 2.10. The van der Waals surface area contributed by atoms with Crippen molar-refractivity contribution in [2.75, 3.05) is 6.54 Å². The molecule has 1 amide bonds. The predicted octanol–water partition coefficient (Wildman–Crippen LogP) is 2.35. The number of nitrogens with zero attached hydrogens (tertiary/aromatic N) is 1. The van der Waals surface area contributed by atoms with Gasteiger partial charge < -0.3 is 9.64 Å². The van der Waals surface area contributed by atoms with E-state index in [1.807, 2.05) is 0 Å². The number of hydrogen-bond donors (Lipinski definition) is 0. The van der Waals surface area contributed by atoms with E-state index in [1.54, 1.807) is 0 Å². The van der Waals surface area contributed by atoms with Gasteiger partial charge in [-0.15, -0.1) is 0 Å². The molecule has 0 aromatic carbocycles. The van der Waals surface area contributed by atoms with Gasteiger partial charge in [0.05, 0.1) is 6.10 Å². The average Bonchev–Trinajstić information content (AvgIpc) is 2.95. The van der Waals surface area contributed by atoms with E-state index in [1.165, 1.54) is 32.1 Å². The van der Waals surface area contributed by atoms with Crippen LogP contribution >= 0.6 is 0 Å². The van der Waals surface area contributed by atoms with E-state index in [4.69, 9.17) is 4.74 Å². The maximum Gasteiger partial charge on any atom is 0.251 e. The fraction of sp³-hybridized carbons (Fsp3) is 0.929. The van der Waals surface area contributed by atoms with Gasteiger partial charge in [-0.3, -0.25) is 4.79 Å². The van der Waals surface area contributed by atoms with Crippen LogP contribution in [0.5, 0.6) is 0 Å². The van der Waals surface area contributed by atoms with Crippen LogP contribution in [0.25, 0.3) is 0 Å². The lowest BCUT2D eigenvalue weighted by Gasteiger charge is -2.39. The molecule has 3 rings (SSSR count). The Labute approximate surface area is 104 Å². The quantitative estimate of drug-likeness (QED) is 0.700. The maximum atomic E-state index is 12.5. The Morgan fingerprint density at radius 1 is 1.12 bits per heavy atom. The molecule has 1 saturated carbocycles. The SMILES string of the molecule is CC1CCC(C(=O)N2CCCC3CCCC32)O1. The van der Waals surface area contributed by atoms with Crippen molar-refractivity contribution in [1.29, 1.82) is 0 Å². The zero-order chi connectivity index (χ0) is 11.8. The molecule has 2 saturated heterocycles. The summed E-state index contributed by atoms with van der Waals surface area (Å²) in [7, 11) is 0. The number of hydrogen-bond acceptors (Lipinski definition) is 2.